The Balaban J connectivity index is 2.22. The highest BCUT2D eigenvalue weighted by atomic mass is 127. The lowest BCUT2D eigenvalue weighted by molar-refractivity contribution is 0.619. The molecule has 3 rings (SSSR count). The number of hydrogen-bond donors (Lipinski definition) is 0. The molecule has 0 saturated carbocycles. The fourth-order valence-electron chi connectivity index (χ4n) is 1.70. The molecular weight excluding hydrogens is 327 g/mol. The molecular formula is C13H9IN2O. The van der Waals surface area contributed by atoms with Crippen molar-refractivity contribution in [3.63, 3.8) is 0 Å². The molecule has 0 aliphatic rings. The van der Waals surface area contributed by atoms with Crippen LogP contribution in [0.2, 0.25) is 0 Å². The molecule has 0 fully saturated rings. The third-order valence-corrected chi connectivity index (χ3v) is 3.41. The monoisotopic (exact) mass is 336 g/mol. The molecule has 84 valence electrons. The minimum absolute atomic E-state index is 0.650. The van der Waals surface area contributed by atoms with Gasteiger partial charge in [0.25, 0.3) is 0 Å². The molecule has 0 spiro atoms. The topological polar surface area (TPSA) is 38.9 Å². The van der Waals surface area contributed by atoms with Gasteiger partial charge in [0, 0.05) is 16.0 Å². The fourth-order valence-corrected chi connectivity index (χ4v) is 2.27. The van der Waals surface area contributed by atoms with Gasteiger partial charge in [-0.3, -0.25) is 4.98 Å². The van der Waals surface area contributed by atoms with Crippen LogP contribution in [0.25, 0.3) is 22.6 Å². The Labute approximate surface area is 112 Å². The first-order valence-electron chi connectivity index (χ1n) is 5.21. The largest absolute Gasteiger partial charge is 0.436 e. The number of aryl methyl sites for hydroxylation is 1. The second kappa shape index (κ2) is 4.10. The molecule has 3 nitrogen and oxygen atoms in total. The highest BCUT2D eigenvalue weighted by molar-refractivity contribution is 14.1. The summed E-state index contributed by atoms with van der Waals surface area (Å²) in [6.45, 7) is 2.05. The van der Waals surface area contributed by atoms with Crippen LogP contribution >= 0.6 is 22.6 Å². The summed E-state index contributed by atoms with van der Waals surface area (Å²) in [5.41, 5.74) is 3.88. The van der Waals surface area contributed by atoms with Gasteiger partial charge in [0.05, 0.1) is 5.56 Å². The average molecular weight is 336 g/mol. The molecule has 4 heteroatoms. The van der Waals surface area contributed by atoms with Crippen molar-refractivity contribution >= 4 is 33.7 Å². The van der Waals surface area contributed by atoms with Crippen molar-refractivity contribution in [3.05, 3.63) is 45.8 Å². The van der Waals surface area contributed by atoms with E-state index in [1.165, 1.54) is 5.56 Å². The van der Waals surface area contributed by atoms with Gasteiger partial charge in [0.15, 0.2) is 5.58 Å². The van der Waals surface area contributed by atoms with E-state index in [0.29, 0.717) is 5.89 Å². The second-order valence-corrected chi connectivity index (χ2v) is 5.01. The number of pyridine rings is 1. The van der Waals surface area contributed by atoms with E-state index < -0.39 is 0 Å². The van der Waals surface area contributed by atoms with E-state index in [2.05, 4.69) is 32.6 Å². The lowest BCUT2D eigenvalue weighted by atomic mass is 10.2. The van der Waals surface area contributed by atoms with Crippen LogP contribution in [0.15, 0.2) is 41.1 Å². The van der Waals surface area contributed by atoms with E-state index in [4.69, 9.17) is 4.42 Å². The van der Waals surface area contributed by atoms with Gasteiger partial charge in [0.2, 0.25) is 5.89 Å². The van der Waals surface area contributed by atoms with Crippen molar-refractivity contribution in [2.24, 2.45) is 0 Å². The summed E-state index contributed by atoms with van der Waals surface area (Å²) in [5, 5.41) is 0. The predicted molar refractivity (Wildman–Crippen MR) is 74.7 cm³/mol. The molecule has 0 aliphatic heterocycles. The molecule has 0 amide bonds. The summed E-state index contributed by atoms with van der Waals surface area (Å²) < 4.78 is 6.78. The van der Waals surface area contributed by atoms with E-state index in [1.807, 2.05) is 31.2 Å². The summed E-state index contributed by atoms with van der Waals surface area (Å²) in [6.07, 6.45) is 3.55. The van der Waals surface area contributed by atoms with Gasteiger partial charge < -0.3 is 4.42 Å². The SMILES string of the molecule is Cc1ccc2oc(-c3ccncc3I)nc2c1. The van der Waals surface area contributed by atoms with Gasteiger partial charge in [-0.25, -0.2) is 4.98 Å². The zero-order valence-corrected chi connectivity index (χ0v) is 11.3. The van der Waals surface area contributed by atoms with E-state index in [9.17, 15) is 0 Å². The van der Waals surface area contributed by atoms with Crippen LogP contribution in [-0.4, -0.2) is 9.97 Å². The minimum atomic E-state index is 0.650. The van der Waals surface area contributed by atoms with Gasteiger partial charge in [-0.2, -0.15) is 0 Å². The molecule has 1 aromatic carbocycles. The summed E-state index contributed by atoms with van der Waals surface area (Å²) in [4.78, 5) is 8.57. The van der Waals surface area contributed by atoms with E-state index in [1.54, 1.807) is 12.4 Å². The molecule has 0 aliphatic carbocycles. The van der Waals surface area contributed by atoms with Crippen molar-refractivity contribution < 1.29 is 4.42 Å². The number of benzene rings is 1. The van der Waals surface area contributed by atoms with Crippen LogP contribution in [0.4, 0.5) is 0 Å². The Morgan fingerprint density at radius 3 is 2.94 bits per heavy atom. The number of hydrogen-bond acceptors (Lipinski definition) is 3. The van der Waals surface area contributed by atoms with Crippen molar-refractivity contribution in [3.8, 4) is 11.5 Å². The third kappa shape index (κ3) is 1.93. The van der Waals surface area contributed by atoms with Crippen molar-refractivity contribution in [1.29, 1.82) is 0 Å². The van der Waals surface area contributed by atoms with Gasteiger partial charge in [0.1, 0.15) is 5.52 Å². The van der Waals surface area contributed by atoms with Gasteiger partial charge in [-0.1, -0.05) is 6.07 Å². The summed E-state index contributed by atoms with van der Waals surface area (Å²) in [6, 6.07) is 7.92. The molecule has 2 heterocycles. The van der Waals surface area contributed by atoms with Crippen molar-refractivity contribution in [2.45, 2.75) is 6.92 Å². The average Bonchev–Trinajstić information content (AvgIpc) is 2.72. The van der Waals surface area contributed by atoms with Crippen LogP contribution in [0, 0.1) is 10.5 Å². The molecule has 0 saturated heterocycles. The lowest BCUT2D eigenvalue weighted by Gasteiger charge is -1.96. The summed E-state index contributed by atoms with van der Waals surface area (Å²) >= 11 is 2.23. The molecule has 0 atom stereocenters. The Morgan fingerprint density at radius 2 is 2.12 bits per heavy atom. The maximum atomic E-state index is 5.75. The summed E-state index contributed by atoms with van der Waals surface area (Å²) in [7, 11) is 0. The second-order valence-electron chi connectivity index (χ2n) is 3.85. The van der Waals surface area contributed by atoms with E-state index >= 15 is 0 Å². The van der Waals surface area contributed by atoms with Crippen LogP contribution in [0.5, 0.6) is 0 Å². The normalized spacial score (nSPS) is 10.9. The number of aromatic nitrogens is 2. The van der Waals surface area contributed by atoms with Gasteiger partial charge in [-0.05, 0) is 53.3 Å². The van der Waals surface area contributed by atoms with Crippen LogP contribution < -0.4 is 0 Å². The number of nitrogens with zero attached hydrogens (tertiary/aromatic N) is 2. The first-order valence-corrected chi connectivity index (χ1v) is 6.29. The quantitative estimate of drug-likeness (QED) is 0.635. The highest BCUT2D eigenvalue weighted by Gasteiger charge is 2.10. The Morgan fingerprint density at radius 1 is 1.24 bits per heavy atom. The molecule has 0 N–H and O–H groups in total. The smallest absolute Gasteiger partial charge is 0.228 e. The third-order valence-electron chi connectivity index (χ3n) is 2.55. The highest BCUT2D eigenvalue weighted by Crippen LogP contribution is 2.27. The maximum absolute atomic E-state index is 5.75. The number of fused-ring (bicyclic) bond motifs is 1. The Bertz CT molecular complexity index is 691. The first kappa shape index (κ1) is 10.7. The van der Waals surface area contributed by atoms with Crippen LogP contribution in [0.3, 0.4) is 0 Å². The van der Waals surface area contributed by atoms with E-state index in [0.717, 1.165) is 20.2 Å². The molecule has 3 aromatic rings. The number of rotatable bonds is 1. The molecule has 2 aromatic heterocycles. The standard InChI is InChI=1S/C13H9IN2O/c1-8-2-3-12-11(6-8)16-13(17-12)9-4-5-15-7-10(9)14/h2-7H,1H3. The predicted octanol–water partition coefficient (Wildman–Crippen LogP) is 3.80. The van der Waals surface area contributed by atoms with E-state index in [-0.39, 0.29) is 0 Å². The molecule has 0 radical (unpaired) electrons. The zero-order valence-electron chi connectivity index (χ0n) is 9.14. The van der Waals surface area contributed by atoms with Gasteiger partial charge in [-0.15, -0.1) is 0 Å². The Hall–Kier alpha value is -1.43. The number of oxazole rings is 1. The van der Waals surface area contributed by atoms with Crippen molar-refractivity contribution in [2.75, 3.05) is 0 Å². The van der Waals surface area contributed by atoms with Gasteiger partial charge >= 0.3 is 0 Å². The van der Waals surface area contributed by atoms with Crippen LogP contribution in [0.1, 0.15) is 5.56 Å². The van der Waals surface area contributed by atoms with Crippen molar-refractivity contribution in [1.82, 2.24) is 9.97 Å². The maximum Gasteiger partial charge on any atom is 0.228 e. The van der Waals surface area contributed by atoms with Crippen LogP contribution in [-0.2, 0) is 0 Å². The lowest BCUT2D eigenvalue weighted by Crippen LogP contribution is -1.83. The minimum Gasteiger partial charge on any atom is -0.436 e. The number of halogens is 1. The molecule has 0 bridgehead atoms. The molecule has 17 heavy (non-hydrogen) atoms. The first-order chi connectivity index (χ1) is 8.24. The molecule has 0 unspecified atom stereocenters. The zero-order chi connectivity index (χ0) is 11.8. The Kier molecular flexibility index (Phi) is 2.58. The fraction of sp³-hybridized carbons (Fsp3) is 0.0769. The summed E-state index contributed by atoms with van der Waals surface area (Å²) in [5.74, 6) is 0.650.